The standard InChI is InChI=1S/C12H10N4O3S/c1-13-11(17)8-3-5-10(16-15-8)20-9-4-2-7(6-14-9)12(18)19/h2-6H,1H3,(H,13,17)(H,18,19). The fourth-order valence-corrected chi connectivity index (χ4v) is 1.97. The van der Waals surface area contributed by atoms with Crippen molar-refractivity contribution in [3.8, 4) is 0 Å². The number of carbonyl (C=O) groups excluding carboxylic acids is 1. The van der Waals surface area contributed by atoms with E-state index in [0.717, 1.165) is 0 Å². The van der Waals surface area contributed by atoms with Crippen molar-refractivity contribution >= 4 is 23.6 Å². The van der Waals surface area contributed by atoms with Crippen LogP contribution in [-0.4, -0.2) is 39.2 Å². The molecule has 2 rings (SSSR count). The molecule has 0 aromatic carbocycles. The van der Waals surface area contributed by atoms with Gasteiger partial charge in [0.1, 0.15) is 10.1 Å². The number of amides is 1. The molecular formula is C12H10N4O3S. The van der Waals surface area contributed by atoms with Crippen molar-refractivity contribution in [3.63, 3.8) is 0 Å². The van der Waals surface area contributed by atoms with Gasteiger partial charge in [-0.1, -0.05) is 0 Å². The minimum absolute atomic E-state index is 0.121. The Morgan fingerprint density at radius 3 is 2.40 bits per heavy atom. The first kappa shape index (κ1) is 13.9. The van der Waals surface area contributed by atoms with Crippen molar-refractivity contribution in [3.05, 3.63) is 41.7 Å². The Morgan fingerprint density at radius 1 is 1.15 bits per heavy atom. The Balaban J connectivity index is 2.10. The van der Waals surface area contributed by atoms with Crippen molar-refractivity contribution in [2.45, 2.75) is 10.1 Å². The van der Waals surface area contributed by atoms with Crippen LogP contribution in [0.5, 0.6) is 0 Å². The summed E-state index contributed by atoms with van der Waals surface area (Å²) in [7, 11) is 1.51. The molecule has 2 heterocycles. The zero-order chi connectivity index (χ0) is 14.5. The summed E-state index contributed by atoms with van der Waals surface area (Å²) in [5.41, 5.74) is 0.349. The number of rotatable bonds is 4. The molecule has 0 atom stereocenters. The lowest BCUT2D eigenvalue weighted by atomic mass is 10.3. The average molecular weight is 290 g/mol. The topological polar surface area (TPSA) is 105 Å². The Labute approximate surface area is 118 Å². The predicted molar refractivity (Wildman–Crippen MR) is 70.7 cm³/mol. The van der Waals surface area contributed by atoms with E-state index >= 15 is 0 Å². The normalized spacial score (nSPS) is 10.1. The van der Waals surface area contributed by atoms with E-state index in [1.165, 1.54) is 31.1 Å². The third-order valence-corrected chi connectivity index (χ3v) is 3.17. The van der Waals surface area contributed by atoms with Crippen LogP contribution in [0.4, 0.5) is 0 Å². The molecule has 0 aliphatic rings. The van der Waals surface area contributed by atoms with E-state index in [1.54, 1.807) is 18.2 Å². The minimum Gasteiger partial charge on any atom is -0.478 e. The Morgan fingerprint density at radius 2 is 1.90 bits per heavy atom. The van der Waals surface area contributed by atoms with E-state index in [0.29, 0.717) is 10.1 Å². The fourth-order valence-electron chi connectivity index (χ4n) is 1.30. The molecule has 0 radical (unpaired) electrons. The maximum absolute atomic E-state index is 11.3. The summed E-state index contributed by atoms with van der Waals surface area (Å²) in [6.07, 6.45) is 1.27. The van der Waals surface area contributed by atoms with Crippen LogP contribution in [0.1, 0.15) is 20.8 Å². The molecule has 2 aromatic heterocycles. The summed E-state index contributed by atoms with van der Waals surface area (Å²) >= 11 is 1.23. The first-order valence-corrected chi connectivity index (χ1v) is 6.35. The van der Waals surface area contributed by atoms with E-state index in [1.807, 2.05) is 0 Å². The molecule has 0 bridgehead atoms. The Hall–Kier alpha value is -2.48. The second-order valence-corrected chi connectivity index (χ2v) is 4.67. The van der Waals surface area contributed by atoms with Crippen molar-refractivity contribution < 1.29 is 14.7 Å². The quantitative estimate of drug-likeness (QED) is 0.868. The smallest absolute Gasteiger partial charge is 0.337 e. The third-order valence-electron chi connectivity index (χ3n) is 2.29. The summed E-state index contributed by atoms with van der Waals surface area (Å²) in [5, 5.41) is 20.1. The van der Waals surface area contributed by atoms with Crippen molar-refractivity contribution in [2.24, 2.45) is 0 Å². The molecule has 7 nitrogen and oxygen atoms in total. The number of pyridine rings is 1. The van der Waals surface area contributed by atoms with Crippen LogP contribution in [0.25, 0.3) is 0 Å². The van der Waals surface area contributed by atoms with Gasteiger partial charge in [-0.25, -0.2) is 9.78 Å². The van der Waals surface area contributed by atoms with Gasteiger partial charge in [-0.3, -0.25) is 4.79 Å². The molecule has 0 aliphatic heterocycles. The Kier molecular flexibility index (Phi) is 4.26. The molecule has 1 amide bonds. The summed E-state index contributed by atoms with van der Waals surface area (Å²) in [6.45, 7) is 0. The van der Waals surface area contributed by atoms with E-state index in [9.17, 15) is 9.59 Å². The summed E-state index contributed by atoms with van der Waals surface area (Å²) in [6, 6.07) is 6.25. The van der Waals surface area contributed by atoms with Gasteiger partial charge in [0.25, 0.3) is 5.91 Å². The van der Waals surface area contributed by atoms with Crippen LogP contribution < -0.4 is 5.32 Å². The number of nitrogens with zero attached hydrogens (tertiary/aromatic N) is 3. The molecule has 2 aromatic rings. The van der Waals surface area contributed by atoms with Gasteiger partial charge in [0.2, 0.25) is 0 Å². The van der Waals surface area contributed by atoms with Crippen molar-refractivity contribution in [1.29, 1.82) is 0 Å². The average Bonchev–Trinajstić information content (AvgIpc) is 2.48. The number of hydrogen-bond donors (Lipinski definition) is 2. The number of carboxylic acid groups (broad SMARTS) is 1. The van der Waals surface area contributed by atoms with Crippen molar-refractivity contribution in [2.75, 3.05) is 7.05 Å². The van der Waals surface area contributed by atoms with Crippen LogP contribution >= 0.6 is 11.8 Å². The van der Waals surface area contributed by atoms with Crippen LogP contribution in [0.2, 0.25) is 0 Å². The summed E-state index contributed by atoms with van der Waals surface area (Å²) in [4.78, 5) is 26.0. The zero-order valence-corrected chi connectivity index (χ0v) is 11.2. The number of carbonyl (C=O) groups is 2. The van der Waals surface area contributed by atoms with Crippen LogP contribution in [0.15, 0.2) is 40.5 Å². The number of hydrogen-bond acceptors (Lipinski definition) is 6. The van der Waals surface area contributed by atoms with Crippen LogP contribution in [0.3, 0.4) is 0 Å². The highest BCUT2D eigenvalue weighted by atomic mass is 32.2. The van der Waals surface area contributed by atoms with Gasteiger partial charge in [-0.15, -0.1) is 10.2 Å². The zero-order valence-electron chi connectivity index (χ0n) is 10.4. The molecular weight excluding hydrogens is 280 g/mol. The second kappa shape index (κ2) is 6.11. The van der Waals surface area contributed by atoms with Crippen molar-refractivity contribution in [1.82, 2.24) is 20.5 Å². The number of aromatic nitrogens is 3. The fraction of sp³-hybridized carbons (Fsp3) is 0.0833. The molecule has 0 unspecified atom stereocenters. The predicted octanol–water partition coefficient (Wildman–Crippen LogP) is 1.08. The van der Waals surface area contributed by atoms with Gasteiger partial charge in [-0.2, -0.15) is 0 Å². The van der Waals surface area contributed by atoms with E-state index < -0.39 is 5.97 Å². The lowest BCUT2D eigenvalue weighted by Gasteiger charge is -2.01. The van der Waals surface area contributed by atoms with Gasteiger partial charge < -0.3 is 10.4 Å². The lowest BCUT2D eigenvalue weighted by molar-refractivity contribution is 0.0696. The van der Waals surface area contributed by atoms with E-state index in [4.69, 9.17) is 5.11 Å². The number of carboxylic acids is 1. The second-order valence-electron chi connectivity index (χ2n) is 3.63. The molecule has 102 valence electrons. The molecule has 2 N–H and O–H groups in total. The minimum atomic E-state index is -1.02. The SMILES string of the molecule is CNC(=O)c1ccc(Sc2ccc(C(=O)O)cn2)nn1. The molecule has 0 aliphatic carbocycles. The molecule has 0 saturated heterocycles. The monoisotopic (exact) mass is 290 g/mol. The third kappa shape index (κ3) is 3.29. The van der Waals surface area contributed by atoms with Gasteiger partial charge in [0, 0.05) is 13.2 Å². The lowest BCUT2D eigenvalue weighted by Crippen LogP contribution is -2.19. The van der Waals surface area contributed by atoms with Gasteiger partial charge in [-0.05, 0) is 36.0 Å². The van der Waals surface area contributed by atoms with Crippen LogP contribution in [0, 0.1) is 0 Å². The van der Waals surface area contributed by atoms with Crippen LogP contribution in [-0.2, 0) is 0 Å². The largest absolute Gasteiger partial charge is 0.478 e. The molecule has 0 fully saturated rings. The number of aromatic carboxylic acids is 1. The summed E-state index contributed by atoms with van der Waals surface area (Å²) in [5.74, 6) is -1.33. The van der Waals surface area contributed by atoms with Gasteiger partial charge in [0.15, 0.2) is 5.69 Å². The highest BCUT2D eigenvalue weighted by Crippen LogP contribution is 2.23. The Bertz CT molecular complexity index is 628. The first-order valence-electron chi connectivity index (χ1n) is 5.53. The van der Waals surface area contributed by atoms with E-state index in [2.05, 4.69) is 20.5 Å². The molecule has 20 heavy (non-hydrogen) atoms. The highest BCUT2D eigenvalue weighted by Gasteiger charge is 2.08. The van der Waals surface area contributed by atoms with Gasteiger partial charge >= 0.3 is 5.97 Å². The van der Waals surface area contributed by atoms with Gasteiger partial charge in [0.05, 0.1) is 5.56 Å². The maximum atomic E-state index is 11.3. The molecule has 0 saturated carbocycles. The first-order chi connectivity index (χ1) is 9.60. The number of nitrogens with one attached hydrogen (secondary N) is 1. The summed E-state index contributed by atoms with van der Waals surface area (Å²) < 4.78 is 0. The highest BCUT2D eigenvalue weighted by molar-refractivity contribution is 7.99. The maximum Gasteiger partial charge on any atom is 0.337 e. The van der Waals surface area contributed by atoms with E-state index in [-0.39, 0.29) is 17.2 Å². The molecule has 0 spiro atoms. The molecule has 8 heteroatoms.